The summed E-state index contributed by atoms with van der Waals surface area (Å²) in [6, 6.07) is 21.7. The highest BCUT2D eigenvalue weighted by Gasteiger charge is 2.62. The van der Waals surface area contributed by atoms with E-state index in [0.717, 1.165) is 26.3 Å². The first-order valence-corrected chi connectivity index (χ1v) is 20.5. The molecule has 4 rings (SSSR count). The summed E-state index contributed by atoms with van der Waals surface area (Å²) in [7, 11) is 2.88. The monoisotopic (exact) mass is 863 g/mol. The number of nitriles is 1. The summed E-state index contributed by atoms with van der Waals surface area (Å²) >= 11 is 15.9. The van der Waals surface area contributed by atoms with Crippen LogP contribution < -0.4 is 4.74 Å². The Hall–Kier alpha value is -4.40. The van der Waals surface area contributed by atoms with Gasteiger partial charge in [-0.2, -0.15) is 5.26 Å². The van der Waals surface area contributed by atoms with Crippen molar-refractivity contribution in [1.82, 2.24) is 8.61 Å². The van der Waals surface area contributed by atoms with Gasteiger partial charge in [0.05, 0.1) is 18.1 Å². The van der Waals surface area contributed by atoms with E-state index < -0.39 is 41.4 Å². The Morgan fingerprint density at radius 3 is 2.00 bits per heavy atom. The first kappa shape index (κ1) is 46.0. The zero-order chi connectivity index (χ0) is 41.6. The molecule has 0 saturated heterocycles. The maximum absolute atomic E-state index is 14.3. The average molecular weight is 865 g/mol. The third-order valence-corrected chi connectivity index (χ3v) is 10.8. The van der Waals surface area contributed by atoms with Gasteiger partial charge in [-0.1, -0.05) is 89.8 Å². The van der Waals surface area contributed by atoms with Gasteiger partial charge in [-0.25, -0.2) is 22.6 Å². The summed E-state index contributed by atoms with van der Waals surface area (Å²) < 4.78 is 27.7. The maximum Gasteiger partial charge on any atom is 0.447 e. The Bertz CT molecular complexity index is 1940. The molecule has 1 aliphatic carbocycles. The molecule has 1 aliphatic rings. The van der Waals surface area contributed by atoms with Crippen LogP contribution in [0.2, 0.25) is 5.02 Å². The third-order valence-electron chi connectivity index (χ3n) is 8.05. The molecule has 3 unspecified atom stereocenters. The van der Waals surface area contributed by atoms with Crippen LogP contribution in [0.4, 0.5) is 14.0 Å². The minimum atomic E-state index is -1.21. The first-order chi connectivity index (χ1) is 26.5. The lowest BCUT2D eigenvalue weighted by Gasteiger charge is -2.19. The topological polar surface area (TPSA) is 143 Å². The van der Waals surface area contributed by atoms with E-state index in [9.17, 15) is 24.0 Å². The molecule has 56 heavy (non-hydrogen) atoms. The van der Waals surface area contributed by atoms with Gasteiger partial charge in [0.2, 0.25) is 6.10 Å². The molecule has 0 heterocycles. The maximum atomic E-state index is 14.3. The molecule has 3 aromatic carbocycles. The van der Waals surface area contributed by atoms with Gasteiger partial charge in [-0.3, -0.25) is 14.5 Å². The number of halogens is 3. The third kappa shape index (κ3) is 13.7. The van der Waals surface area contributed by atoms with Gasteiger partial charge in [-0.15, -0.1) is 23.5 Å². The number of allylic oxidation sites excluding steroid dienone is 1. The largest absolute Gasteiger partial charge is 0.454 e. The van der Waals surface area contributed by atoms with E-state index in [0.29, 0.717) is 31.5 Å². The Morgan fingerprint density at radius 1 is 0.929 bits per heavy atom. The number of oxime groups is 2. The zero-order valence-electron chi connectivity index (χ0n) is 31.7. The van der Waals surface area contributed by atoms with Gasteiger partial charge in [0.25, 0.3) is 0 Å². The quantitative estimate of drug-likeness (QED) is 0.0454. The van der Waals surface area contributed by atoms with Crippen LogP contribution in [0.5, 0.6) is 11.5 Å². The molecule has 0 spiro atoms. The number of nitrogens with zero attached hydrogens (tertiary/aromatic N) is 5. The fraction of sp³-hybridized carbons (Fsp3) is 0.316. The fourth-order valence-corrected chi connectivity index (χ4v) is 5.86. The molecule has 0 bridgehead atoms. The summed E-state index contributed by atoms with van der Waals surface area (Å²) in [5, 5.41) is 19.2. The van der Waals surface area contributed by atoms with Crippen LogP contribution in [0.25, 0.3) is 5.03 Å². The molecule has 3 aromatic rings. The number of rotatable bonds is 11. The highest BCUT2D eigenvalue weighted by atomic mass is 35.5. The fourth-order valence-electron chi connectivity index (χ4n) is 4.68. The molecular formula is C38H40Cl2FN5O7S3. The number of carbonyl (C=O) groups excluding carboxylic acids is 3. The summed E-state index contributed by atoms with van der Waals surface area (Å²) in [6.45, 7) is 7.30. The second-order valence-electron chi connectivity index (χ2n) is 12.3. The van der Waals surface area contributed by atoms with Crippen molar-refractivity contribution in [3.8, 4) is 17.6 Å². The summed E-state index contributed by atoms with van der Waals surface area (Å²) in [5.41, 5.74) is 0.713. The second kappa shape index (κ2) is 21.8. The normalized spacial score (nSPS) is 16.6. The number of esters is 1. The molecular weight excluding hydrogens is 825 g/mol. The summed E-state index contributed by atoms with van der Waals surface area (Å²) in [5.74, 6) is -1.36. The van der Waals surface area contributed by atoms with Crippen molar-refractivity contribution in [3.63, 3.8) is 0 Å². The average Bonchev–Trinajstić information content (AvgIpc) is 3.74. The number of ether oxygens (including phenoxy) is 2. The van der Waals surface area contributed by atoms with Gasteiger partial charge in [0.15, 0.2) is 11.6 Å². The van der Waals surface area contributed by atoms with Crippen molar-refractivity contribution in [2.24, 2.45) is 27.6 Å². The van der Waals surface area contributed by atoms with Crippen molar-refractivity contribution in [2.45, 2.75) is 33.8 Å². The Labute approximate surface area is 348 Å². The molecule has 12 nitrogen and oxygen atoms in total. The number of carbonyl (C=O) groups is 3. The molecule has 2 amide bonds. The lowest BCUT2D eigenvalue weighted by atomic mass is 10.1. The van der Waals surface area contributed by atoms with Crippen molar-refractivity contribution in [3.05, 3.63) is 101 Å². The van der Waals surface area contributed by atoms with Gasteiger partial charge >= 0.3 is 18.2 Å². The standard InChI is InChI=1S/C28H22Cl2FNO3.C10H18N4O4S3/c1-28(2)21(15-22(30)17-8-11-19(29)12-9-17)26(28)27(33)35-25(16-32)18-10-13-23(31)24(14-18)34-20-6-4-3-5-7-20;1-7(19-5)11-17-9(15)13(3)21-14(4)10(16)18-12-8(2)20-6/h3-15,21,25-26H,1-2H3;1-6H3/b22-15-;11-7-,12-8-. The number of benzene rings is 3. The van der Waals surface area contributed by atoms with Gasteiger partial charge in [0, 0.05) is 29.7 Å². The predicted molar refractivity (Wildman–Crippen MR) is 223 cm³/mol. The molecule has 1 saturated carbocycles. The van der Waals surface area contributed by atoms with Crippen LogP contribution in [-0.2, 0) is 19.2 Å². The van der Waals surface area contributed by atoms with E-state index in [4.69, 9.17) is 32.7 Å². The molecule has 18 heteroatoms. The lowest BCUT2D eigenvalue weighted by Crippen LogP contribution is -2.28. The van der Waals surface area contributed by atoms with Gasteiger partial charge in [0.1, 0.15) is 21.9 Å². The number of thioether (sulfide) groups is 2. The van der Waals surface area contributed by atoms with Gasteiger partial charge in [-0.05, 0) is 79.7 Å². The summed E-state index contributed by atoms with van der Waals surface area (Å²) in [4.78, 5) is 45.5. The first-order valence-electron chi connectivity index (χ1n) is 16.5. The predicted octanol–water partition coefficient (Wildman–Crippen LogP) is 11.0. The SMILES string of the molecule is CC1(C)C(/C=C(\Cl)c2ccc(Cl)cc2)C1C(=O)OC(C#N)c1ccc(F)c(Oc2ccccc2)c1.CS/C(C)=N\OC(=O)N(C)SN(C)C(=O)O/N=C(/C)SC. The van der Waals surface area contributed by atoms with Crippen LogP contribution in [0, 0.1) is 34.4 Å². The molecule has 298 valence electrons. The van der Waals surface area contributed by atoms with Crippen LogP contribution in [0.1, 0.15) is 44.9 Å². The second-order valence-corrected chi connectivity index (χ2v) is 16.4. The Balaban J connectivity index is 0.000000345. The minimum absolute atomic E-state index is 0.0627. The van der Waals surface area contributed by atoms with Crippen LogP contribution in [0.15, 0.2) is 89.2 Å². The molecule has 0 N–H and O–H groups in total. The van der Waals surface area contributed by atoms with Crippen LogP contribution in [0.3, 0.4) is 0 Å². The van der Waals surface area contributed by atoms with E-state index >= 15 is 0 Å². The van der Waals surface area contributed by atoms with Crippen molar-refractivity contribution >= 4 is 92.1 Å². The number of amides is 2. The highest BCUT2D eigenvalue weighted by molar-refractivity contribution is 8.13. The Morgan fingerprint density at radius 2 is 1.48 bits per heavy atom. The molecule has 0 radical (unpaired) electrons. The van der Waals surface area contributed by atoms with Crippen molar-refractivity contribution < 1.29 is 37.9 Å². The van der Waals surface area contributed by atoms with E-state index in [1.807, 2.05) is 44.6 Å². The number of hydrogen-bond donors (Lipinski definition) is 0. The van der Waals surface area contributed by atoms with Crippen LogP contribution in [-0.4, -0.2) is 63.5 Å². The zero-order valence-corrected chi connectivity index (χ0v) is 35.7. The number of para-hydroxylation sites is 1. The summed E-state index contributed by atoms with van der Waals surface area (Å²) in [6.07, 6.45) is 2.82. The van der Waals surface area contributed by atoms with E-state index in [-0.39, 0.29) is 11.7 Å². The smallest absolute Gasteiger partial charge is 0.447 e. The molecule has 0 aromatic heterocycles. The molecule has 0 aliphatic heterocycles. The van der Waals surface area contributed by atoms with E-state index in [1.165, 1.54) is 55.8 Å². The minimum Gasteiger partial charge on any atom is -0.454 e. The van der Waals surface area contributed by atoms with Crippen molar-refractivity contribution in [2.75, 3.05) is 26.6 Å². The number of hydrogen-bond acceptors (Lipinski definition) is 13. The van der Waals surface area contributed by atoms with E-state index in [2.05, 4.69) is 20.0 Å². The lowest BCUT2D eigenvalue weighted by molar-refractivity contribution is -0.149. The van der Waals surface area contributed by atoms with E-state index in [1.54, 1.807) is 62.4 Å². The van der Waals surface area contributed by atoms with Gasteiger partial charge < -0.3 is 9.47 Å². The molecule has 1 fully saturated rings. The molecule has 3 atom stereocenters. The van der Waals surface area contributed by atoms with Crippen molar-refractivity contribution in [1.29, 1.82) is 5.26 Å². The Kier molecular flexibility index (Phi) is 17.9. The van der Waals surface area contributed by atoms with Crippen LogP contribution >= 0.6 is 58.9 Å². The highest BCUT2D eigenvalue weighted by Crippen LogP contribution is 2.60.